The summed E-state index contributed by atoms with van der Waals surface area (Å²) in [5.74, 6) is -0.689. The van der Waals surface area contributed by atoms with Crippen LogP contribution in [0.5, 0.6) is 0 Å². The summed E-state index contributed by atoms with van der Waals surface area (Å²) in [6, 6.07) is 3.86. The van der Waals surface area contributed by atoms with Gasteiger partial charge in [-0.15, -0.1) is 0 Å². The van der Waals surface area contributed by atoms with Crippen LogP contribution in [0.2, 0.25) is 0 Å². The summed E-state index contributed by atoms with van der Waals surface area (Å²) in [5.41, 5.74) is 0.308. The van der Waals surface area contributed by atoms with Gasteiger partial charge in [0.05, 0.1) is 4.92 Å². The maximum atomic E-state index is 11.9. The Bertz CT molecular complexity index is 693. The fraction of sp³-hybridized carbons (Fsp3) is 0.250. The molecule has 1 aromatic carbocycles. The Morgan fingerprint density at radius 2 is 2.10 bits per heavy atom. The van der Waals surface area contributed by atoms with E-state index in [1.165, 1.54) is 24.4 Å². The molecule has 0 aliphatic heterocycles. The summed E-state index contributed by atoms with van der Waals surface area (Å²) in [7, 11) is 0. The zero-order valence-corrected chi connectivity index (χ0v) is 10.4. The van der Waals surface area contributed by atoms with Gasteiger partial charge in [-0.1, -0.05) is 0 Å². The highest BCUT2D eigenvalue weighted by Gasteiger charge is 2.28. The van der Waals surface area contributed by atoms with Crippen molar-refractivity contribution >= 4 is 22.4 Å². The number of nitrogens with zero attached hydrogens (tertiary/aromatic N) is 1. The SMILES string of the molecule is O=C(COCC(F)(F)F)c1c[nH]c2ccc([N+](=O)[O-])cc12. The van der Waals surface area contributed by atoms with Crippen molar-refractivity contribution in [2.45, 2.75) is 6.18 Å². The van der Waals surface area contributed by atoms with Crippen LogP contribution in [0.3, 0.4) is 0 Å². The largest absolute Gasteiger partial charge is 0.411 e. The topological polar surface area (TPSA) is 85.2 Å². The lowest BCUT2D eigenvalue weighted by Gasteiger charge is -2.06. The normalized spacial score (nSPS) is 11.8. The highest BCUT2D eigenvalue weighted by atomic mass is 19.4. The molecule has 0 spiro atoms. The van der Waals surface area contributed by atoms with Crippen molar-refractivity contribution < 1.29 is 27.6 Å². The summed E-state index contributed by atoms with van der Waals surface area (Å²) in [5, 5.41) is 11.0. The van der Waals surface area contributed by atoms with Gasteiger partial charge in [-0.05, 0) is 6.07 Å². The van der Waals surface area contributed by atoms with Crippen LogP contribution < -0.4 is 0 Å². The predicted octanol–water partition coefficient (Wildman–Crippen LogP) is 2.84. The van der Waals surface area contributed by atoms with Crippen LogP contribution in [0, 0.1) is 10.1 Å². The number of halogens is 3. The second kappa shape index (κ2) is 5.52. The van der Waals surface area contributed by atoms with E-state index in [1.54, 1.807) is 0 Å². The average Bonchev–Trinajstić information content (AvgIpc) is 2.79. The van der Waals surface area contributed by atoms with Gasteiger partial charge in [0.2, 0.25) is 0 Å². The van der Waals surface area contributed by atoms with Gasteiger partial charge in [0.1, 0.15) is 13.2 Å². The number of H-pyrrole nitrogens is 1. The second-order valence-corrected chi connectivity index (χ2v) is 4.22. The highest BCUT2D eigenvalue weighted by Crippen LogP contribution is 2.24. The monoisotopic (exact) mass is 302 g/mol. The number of Topliss-reactive ketones (excluding diaryl/α,β-unsaturated/α-hetero) is 1. The number of nitro benzene ring substituents is 1. The van der Waals surface area contributed by atoms with E-state index in [9.17, 15) is 28.1 Å². The number of nitro groups is 1. The van der Waals surface area contributed by atoms with E-state index in [-0.39, 0.29) is 16.6 Å². The van der Waals surface area contributed by atoms with Crippen LogP contribution in [0.15, 0.2) is 24.4 Å². The molecular weight excluding hydrogens is 293 g/mol. The van der Waals surface area contributed by atoms with Crippen molar-refractivity contribution in [3.63, 3.8) is 0 Å². The molecule has 9 heteroatoms. The fourth-order valence-corrected chi connectivity index (χ4v) is 1.79. The molecular formula is C12H9F3N2O4. The molecule has 2 aromatic rings. The van der Waals surface area contributed by atoms with E-state index in [0.29, 0.717) is 5.52 Å². The van der Waals surface area contributed by atoms with Crippen LogP contribution in [-0.2, 0) is 4.74 Å². The van der Waals surface area contributed by atoms with E-state index in [4.69, 9.17) is 0 Å². The molecule has 21 heavy (non-hydrogen) atoms. The summed E-state index contributed by atoms with van der Waals surface area (Å²) < 4.78 is 40.1. The molecule has 0 saturated heterocycles. The Hall–Kier alpha value is -2.42. The zero-order valence-electron chi connectivity index (χ0n) is 10.4. The highest BCUT2D eigenvalue weighted by molar-refractivity contribution is 6.08. The summed E-state index contributed by atoms with van der Waals surface area (Å²) in [4.78, 5) is 24.6. The van der Waals surface area contributed by atoms with Gasteiger partial charge in [0.25, 0.3) is 5.69 Å². The molecule has 1 aromatic heterocycles. The first-order chi connectivity index (χ1) is 9.78. The number of aromatic nitrogens is 1. The van der Waals surface area contributed by atoms with Gasteiger partial charge in [0.15, 0.2) is 5.78 Å². The van der Waals surface area contributed by atoms with Crippen LogP contribution in [0.25, 0.3) is 10.9 Å². The molecule has 0 saturated carbocycles. The number of aromatic amines is 1. The fourth-order valence-electron chi connectivity index (χ4n) is 1.79. The first kappa shape index (κ1) is 15.0. The van der Waals surface area contributed by atoms with Gasteiger partial charge in [-0.2, -0.15) is 13.2 Å². The van der Waals surface area contributed by atoms with E-state index < -0.39 is 30.1 Å². The first-order valence-electron chi connectivity index (χ1n) is 5.71. The van der Waals surface area contributed by atoms with Gasteiger partial charge in [-0.3, -0.25) is 14.9 Å². The molecule has 0 atom stereocenters. The molecule has 1 heterocycles. The van der Waals surface area contributed by atoms with Crippen molar-refractivity contribution in [3.05, 3.63) is 40.1 Å². The number of non-ortho nitro benzene ring substituents is 1. The minimum atomic E-state index is -4.51. The maximum Gasteiger partial charge on any atom is 0.411 e. The Morgan fingerprint density at radius 3 is 2.71 bits per heavy atom. The third-order valence-electron chi connectivity index (χ3n) is 2.68. The molecule has 0 aliphatic rings. The molecule has 0 amide bonds. The lowest BCUT2D eigenvalue weighted by molar-refractivity contribution is -0.384. The van der Waals surface area contributed by atoms with Crippen molar-refractivity contribution in [2.75, 3.05) is 13.2 Å². The van der Waals surface area contributed by atoms with E-state index in [0.717, 1.165) is 0 Å². The molecule has 0 radical (unpaired) electrons. The van der Waals surface area contributed by atoms with Gasteiger partial charge in [0, 0.05) is 34.8 Å². The van der Waals surface area contributed by atoms with Crippen molar-refractivity contribution in [1.82, 2.24) is 4.98 Å². The number of alkyl halides is 3. The minimum absolute atomic E-state index is 0.0517. The zero-order chi connectivity index (χ0) is 15.6. The van der Waals surface area contributed by atoms with Crippen molar-refractivity contribution in [1.29, 1.82) is 0 Å². The third kappa shape index (κ3) is 3.57. The van der Waals surface area contributed by atoms with Crippen LogP contribution in [0.1, 0.15) is 10.4 Å². The third-order valence-corrected chi connectivity index (χ3v) is 2.68. The van der Waals surface area contributed by atoms with Gasteiger partial charge < -0.3 is 9.72 Å². The summed E-state index contributed by atoms with van der Waals surface area (Å²) in [6.07, 6.45) is -3.23. The number of carbonyl (C=O) groups excluding carboxylic acids is 1. The summed E-state index contributed by atoms with van der Waals surface area (Å²) in [6.45, 7) is -2.28. The number of ketones is 1. The Labute approximate surface area is 115 Å². The van der Waals surface area contributed by atoms with E-state index in [1.807, 2.05) is 0 Å². The Balaban J connectivity index is 2.19. The number of fused-ring (bicyclic) bond motifs is 1. The maximum absolute atomic E-state index is 11.9. The minimum Gasteiger partial charge on any atom is -0.364 e. The van der Waals surface area contributed by atoms with Gasteiger partial charge in [-0.25, -0.2) is 0 Å². The summed E-state index contributed by atoms with van der Waals surface area (Å²) >= 11 is 0. The number of carbonyl (C=O) groups is 1. The number of benzene rings is 1. The average molecular weight is 302 g/mol. The van der Waals surface area contributed by atoms with Crippen LogP contribution in [-0.4, -0.2) is 35.1 Å². The standard InChI is InChI=1S/C12H9F3N2O4/c13-12(14,15)6-21-5-11(18)9-4-16-10-2-1-7(17(19)20)3-8(9)10/h1-4,16H,5-6H2. The second-order valence-electron chi connectivity index (χ2n) is 4.22. The number of rotatable bonds is 5. The number of nitrogens with one attached hydrogen (secondary N) is 1. The lowest BCUT2D eigenvalue weighted by Crippen LogP contribution is -2.20. The molecule has 1 N–H and O–H groups in total. The Kier molecular flexibility index (Phi) is 3.94. The van der Waals surface area contributed by atoms with Crippen molar-refractivity contribution in [3.8, 4) is 0 Å². The molecule has 0 fully saturated rings. The van der Waals surface area contributed by atoms with Gasteiger partial charge >= 0.3 is 6.18 Å². The van der Waals surface area contributed by atoms with Crippen LogP contribution in [0.4, 0.5) is 18.9 Å². The smallest absolute Gasteiger partial charge is 0.364 e. The molecule has 0 unspecified atom stereocenters. The number of hydrogen-bond donors (Lipinski definition) is 1. The van der Waals surface area contributed by atoms with Crippen LogP contribution >= 0.6 is 0 Å². The molecule has 0 bridgehead atoms. The molecule has 0 aliphatic carbocycles. The van der Waals surface area contributed by atoms with E-state index >= 15 is 0 Å². The first-order valence-corrected chi connectivity index (χ1v) is 5.71. The number of hydrogen-bond acceptors (Lipinski definition) is 4. The predicted molar refractivity (Wildman–Crippen MR) is 66.2 cm³/mol. The van der Waals surface area contributed by atoms with Crippen molar-refractivity contribution in [2.24, 2.45) is 0 Å². The molecule has 6 nitrogen and oxygen atoms in total. The quantitative estimate of drug-likeness (QED) is 0.523. The number of ether oxygens (including phenoxy) is 1. The lowest BCUT2D eigenvalue weighted by atomic mass is 10.1. The molecule has 112 valence electrons. The van der Waals surface area contributed by atoms with E-state index in [2.05, 4.69) is 9.72 Å². The molecule has 2 rings (SSSR count). The Morgan fingerprint density at radius 1 is 1.38 bits per heavy atom.